The molecule has 0 radical (unpaired) electrons. The van der Waals surface area contributed by atoms with Crippen molar-refractivity contribution in [3.8, 4) is 5.75 Å². The highest BCUT2D eigenvalue weighted by Crippen LogP contribution is 2.26. The highest BCUT2D eigenvalue weighted by Gasteiger charge is 2.28. The van der Waals surface area contributed by atoms with Crippen molar-refractivity contribution in [3.05, 3.63) is 35.0 Å². The number of amides is 2. The molecule has 11 heteroatoms. The highest BCUT2D eigenvalue weighted by molar-refractivity contribution is 6.45. The van der Waals surface area contributed by atoms with Crippen molar-refractivity contribution in [2.75, 3.05) is 44.7 Å². The van der Waals surface area contributed by atoms with Crippen LogP contribution in [0, 0.1) is 5.41 Å². The van der Waals surface area contributed by atoms with Gasteiger partial charge >= 0.3 is 12.1 Å². The first-order valence-electron chi connectivity index (χ1n) is 12.3. The van der Waals surface area contributed by atoms with Crippen LogP contribution < -0.4 is 10.1 Å². The second kappa shape index (κ2) is 14.5. The molecule has 1 aliphatic heterocycles. The lowest BCUT2D eigenvalue weighted by molar-refractivity contribution is -0.141. The highest BCUT2D eigenvalue weighted by atomic mass is 35.5. The van der Waals surface area contributed by atoms with Gasteiger partial charge < -0.3 is 34.7 Å². The van der Waals surface area contributed by atoms with E-state index in [4.69, 9.17) is 31.2 Å². The van der Waals surface area contributed by atoms with E-state index in [1.165, 1.54) is 6.92 Å². The Kier molecular flexibility index (Phi) is 11.7. The number of allylic oxidation sites excluding steroid dienone is 1. The van der Waals surface area contributed by atoms with E-state index in [1.807, 2.05) is 20.8 Å². The first-order valence-corrected chi connectivity index (χ1v) is 12.7. The number of piperazine rings is 1. The Balaban J connectivity index is 1.93. The quantitative estimate of drug-likeness (QED) is 0.186. The standard InChI is InChI=1S/C26H37ClN4O6/c1-19(32)35-16-8-5-9-17-36-22-11-7-6-10-20(22)29-24(33)23(27)21(18-28)30-12-14-31(15-13-30)25(34)37-26(2,3)4/h6-7,10-11,18,28H,5,8-9,12-17H2,1-4H3,(H,29,33). The summed E-state index contributed by atoms with van der Waals surface area (Å²) >= 11 is 6.41. The molecule has 2 N–H and O–H groups in total. The monoisotopic (exact) mass is 536 g/mol. The molecule has 0 saturated carbocycles. The van der Waals surface area contributed by atoms with Crippen molar-refractivity contribution in [1.29, 1.82) is 5.41 Å². The summed E-state index contributed by atoms with van der Waals surface area (Å²) in [4.78, 5) is 39.4. The number of ether oxygens (including phenoxy) is 3. The summed E-state index contributed by atoms with van der Waals surface area (Å²) in [6.07, 6.45) is 3.00. The molecular formula is C26H37ClN4O6. The second-order valence-corrected chi connectivity index (χ2v) is 9.88. The van der Waals surface area contributed by atoms with Gasteiger partial charge in [0.1, 0.15) is 16.4 Å². The van der Waals surface area contributed by atoms with Crippen molar-refractivity contribution < 1.29 is 28.6 Å². The van der Waals surface area contributed by atoms with Crippen molar-refractivity contribution >= 4 is 41.5 Å². The van der Waals surface area contributed by atoms with Gasteiger partial charge in [-0.15, -0.1) is 0 Å². The Morgan fingerprint density at radius 1 is 1.03 bits per heavy atom. The molecule has 0 spiro atoms. The van der Waals surface area contributed by atoms with Gasteiger partial charge in [0.15, 0.2) is 0 Å². The van der Waals surface area contributed by atoms with Gasteiger partial charge in [0.2, 0.25) is 0 Å². The SMILES string of the molecule is CC(=O)OCCCCCOc1ccccc1NC(=O)C(Cl)=C(C=N)N1CCN(C(=O)OC(C)(C)C)CC1. The number of unbranched alkanes of at least 4 members (excludes halogenated alkanes) is 2. The molecule has 1 saturated heterocycles. The number of anilines is 1. The van der Waals surface area contributed by atoms with E-state index < -0.39 is 17.6 Å². The number of nitrogens with zero attached hydrogens (tertiary/aromatic N) is 2. The van der Waals surface area contributed by atoms with E-state index in [0.717, 1.165) is 25.5 Å². The average Bonchev–Trinajstić information content (AvgIpc) is 2.84. The Morgan fingerprint density at radius 2 is 1.65 bits per heavy atom. The van der Waals surface area contributed by atoms with Gasteiger partial charge in [0.25, 0.3) is 5.91 Å². The number of hydrogen-bond acceptors (Lipinski definition) is 8. The molecule has 1 fully saturated rings. The van der Waals surface area contributed by atoms with Crippen LogP contribution in [-0.4, -0.2) is 79.0 Å². The number of rotatable bonds is 11. The fourth-order valence-electron chi connectivity index (χ4n) is 3.52. The molecule has 0 aromatic heterocycles. The summed E-state index contributed by atoms with van der Waals surface area (Å²) in [5, 5.41) is 10.5. The predicted octanol–water partition coefficient (Wildman–Crippen LogP) is 4.39. The molecule has 1 aromatic rings. The normalized spacial score (nSPS) is 14.4. The second-order valence-electron chi connectivity index (χ2n) is 9.50. The smallest absolute Gasteiger partial charge is 0.410 e. The molecule has 10 nitrogen and oxygen atoms in total. The summed E-state index contributed by atoms with van der Waals surface area (Å²) in [6, 6.07) is 7.03. The van der Waals surface area contributed by atoms with Gasteiger partial charge in [-0.2, -0.15) is 0 Å². The van der Waals surface area contributed by atoms with Crippen LogP contribution in [0.2, 0.25) is 0 Å². The lowest BCUT2D eigenvalue weighted by Crippen LogP contribution is -2.50. The van der Waals surface area contributed by atoms with Gasteiger partial charge in [-0.25, -0.2) is 4.79 Å². The molecule has 0 aliphatic carbocycles. The van der Waals surface area contributed by atoms with Crippen LogP contribution in [0.5, 0.6) is 5.75 Å². The zero-order valence-electron chi connectivity index (χ0n) is 22.0. The molecule has 37 heavy (non-hydrogen) atoms. The molecule has 1 heterocycles. The van der Waals surface area contributed by atoms with Crippen molar-refractivity contribution in [1.82, 2.24) is 9.80 Å². The van der Waals surface area contributed by atoms with E-state index in [0.29, 0.717) is 50.8 Å². The fourth-order valence-corrected chi connectivity index (χ4v) is 3.74. The van der Waals surface area contributed by atoms with E-state index >= 15 is 0 Å². The number of benzene rings is 1. The molecular weight excluding hydrogens is 500 g/mol. The molecule has 2 rings (SSSR count). The minimum absolute atomic E-state index is 0.124. The minimum atomic E-state index is -0.582. The van der Waals surface area contributed by atoms with E-state index in [9.17, 15) is 14.4 Å². The van der Waals surface area contributed by atoms with Crippen LogP contribution in [0.1, 0.15) is 47.0 Å². The zero-order chi connectivity index (χ0) is 27.4. The zero-order valence-corrected chi connectivity index (χ0v) is 22.7. The van der Waals surface area contributed by atoms with Gasteiger partial charge in [0, 0.05) is 39.3 Å². The lowest BCUT2D eigenvalue weighted by atomic mass is 10.2. The number of para-hydroxylation sites is 2. The third kappa shape index (κ3) is 10.3. The van der Waals surface area contributed by atoms with Crippen LogP contribution in [0.25, 0.3) is 0 Å². The van der Waals surface area contributed by atoms with Crippen LogP contribution in [0.4, 0.5) is 10.5 Å². The summed E-state index contributed by atoms with van der Waals surface area (Å²) in [5.74, 6) is -0.349. The summed E-state index contributed by atoms with van der Waals surface area (Å²) in [7, 11) is 0. The molecule has 0 atom stereocenters. The van der Waals surface area contributed by atoms with Gasteiger partial charge in [-0.05, 0) is 52.2 Å². The molecule has 0 unspecified atom stereocenters. The first-order chi connectivity index (χ1) is 17.5. The maximum absolute atomic E-state index is 12.9. The van der Waals surface area contributed by atoms with Gasteiger partial charge in [-0.1, -0.05) is 23.7 Å². The fraction of sp³-hybridized carbons (Fsp3) is 0.538. The minimum Gasteiger partial charge on any atom is -0.491 e. The van der Waals surface area contributed by atoms with Crippen molar-refractivity contribution in [3.63, 3.8) is 0 Å². The van der Waals surface area contributed by atoms with Crippen LogP contribution >= 0.6 is 11.6 Å². The largest absolute Gasteiger partial charge is 0.491 e. The Labute approximate surface area is 223 Å². The Bertz CT molecular complexity index is 984. The maximum atomic E-state index is 12.9. The van der Waals surface area contributed by atoms with Crippen molar-refractivity contribution in [2.24, 2.45) is 0 Å². The summed E-state index contributed by atoms with van der Waals surface area (Å²) in [6.45, 7) is 9.22. The van der Waals surface area contributed by atoms with Crippen LogP contribution in [-0.2, 0) is 19.1 Å². The maximum Gasteiger partial charge on any atom is 0.410 e. The number of carbonyl (C=O) groups is 3. The number of halogens is 1. The molecule has 1 aliphatic rings. The lowest BCUT2D eigenvalue weighted by Gasteiger charge is -2.37. The number of esters is 1. The Hall–Kier alpha value is -3.27. The third-order valence-electron chi connectivity index (χ3n) is 5.32. The van der Waals surface area contributed by atoms with E-state index in [2.05, 4.69) is 5.32 Å². The van der Waals surface area contributed by atoms with Gasteiger partial charge in [-0.3, -0.25) is 9.59 Å². The molecule has 204 valence electrons. The third-order valence-corrected chi connectivity index (χ3v) is 5.69. The molecule has 0 bridgehead atoms. The predicted molar refractivity (Wildman–Crippen MR) is 142 cm³/mol. The summed E-state index contributed by atoms with van der Waals surface area (Å²) in [5.41, 5.74) is 0.153. The molecule has 1 aromatic carbocycles. The van der Waals surface area contributed by atoms with Crippen LogP contribution in [0.3, 0.4) is 0 Å². The average molecular weight is 537 g/mol. The van der Waals surface area contributed by atoms with Crippen LogP contribution in [0.15, 0.2) is 35.0 Å². The number of nitrogens with one attached hydrogen (secondary N) is 2. The van der Waals surface area contributed by atoms with E-state index in [-0.39, 0.29) is 16.7 Å². The summed E-state index contributed by atoms with van der Waals surface area (Å²) < 4.78 is 16.2. The molecule has 2 amide bonds. The number of hydrogen-bond donors (Lipinski definition) is 2. The van der Waals surface area contributed by atoms with Crippen molar-refractivity contribution in [2.45, 2.75) is 52.6 Å². The van der Waals surface area contributed by atoms with Gasteiger partial charge in [0.05, 0.1) is 24.6 Å². The first kappa shape index (κ1) is 30.0. The number of carbonyl (C=O) groups excluding carboxylic acids is 3. The topological polar surface area (TPSA) is 121 Å². The van der Waals surface area contributed by atoms with E-state index in [1.54, 1.807) is 34.1 Å². The Morgan fingerprint density at radius 3 is 2.27 bits per heavy atom.